The van der Waals surface area contributed by atoms with Crippen LogP contribution in [0.1, 0.15) is 213 Å². The van der Waals surface area contributed by atoms with Gasteiger partial charge in [-0.1, -0.05) is 146 Å². The van der Waals surface area contributed by atoms with Crippen LogP contribution in [0.25, 0.3) is 0 Å². The number of nitro groups is 1. The van der Waals surface area contributed by atoms with Crippen molar-refractivity contribution in [2.45, 2.75) is 226 Å². The Morgan fingerprint density at radius 2 is 0.925 bits per heavy atom. The number of carbonyl (C=O) groups is 4. The molecule has 12 nitrogen and oxygen atoms in total. The van der Waals surface area contributed by atoms with Crippen molar-refractivity contribution in [3.63, 3.8) is 0 Å². The zero-order chi connectivity index (χ0) is 48.8. The number of unbranched alkanes of at least 4 members (excludes halogenated alkanes) is 18. The largest absolute Gasteiger partial charge is 0.514 e. The van der Waals surface area contributed by atoms with Gasteiger partial charge in [-0.25, -0.2) is 4.79 Å². The summed E-state index contributed by atoms with van der Waals surface area (Å²) in [4.78, 5) is 61.6. The lowest BCUT2D eigenvalue weighted by Gasteiger charge is -2.20. The van der Waals surface area contributed by atoms with Crippen LogP contribution in [0, 0.1) is 10.1 Å². The molecule has 0 spiro atoms. The summed E-state index contributed by atoms with van der Waals surface area (Å²) in [6, 6.07) is 5.04. The van der Waals surface area contributed by atoms with E-state index in [1.807, 2.05) is 6.92 Å². The molecule has 0 fully saturated rings. The fourth-order valence-corrected chi connectivity index (χ4v) is 7.09. The van der Waals surface area contributed by atoms with Gasteiger partial charge in [0.1, 0.15) is 25.1 Å². The summed E-state index contributed by atoms with van der Waals surface area (Å²) in [5, 5.41) is 11.0. The van der Waals surface area contributed by atoms with Crippen molar-refractivity contribution < 1.29 is 47.8 Å². The molecule has 2 unspecified atom stereocenters. The van der Waals surface area contributed by atoms with Crippen molar-refractivity contribution in [1.82, 2.24) is 0 Å². The number of hydrogen-bond donors (Lipinski definition) is 0. The van der Waals surface area contributed by atoms with Gasteiger partial charge in [0.15, 0.2) is 6.10 Å². The summed E-state index contributed by atoms with van der Waals surface area (Å²) in [7, 11) is 0. The fraction of sp³-hybridized carbons (Fsp3) is 0.673. The van der Waals surface area contributed by atoms with Crippen molar-refractivity contribution in [3.05, 3.63) is 83.0 Å². The number of carbonyl (C=O) groups excluding carboxylic acids is 4. The molecule has 0 aliphatic carbocycles. The van der Waals surface area contributed by atoms with E-state index in [2.05, 4.69) is 62.5 Å². The standard InChI is InChI=1S/C55H87NO11/c1-4-7-10-12-14-16-18-20-22-24-26-28-30-32-35-38-52(57)63-46-51(47-64-53(58)39-36-33-31-29-27-25-23-21-19-17-15-13-11-8-5-2)65-54(59)45-44-49(37-34-9-6-3)66-55(60)67-50-42-40-48(41-43-50)56(61)62/h14-17,20-23,40-43,49,51H,4-13,18-19,24-39,44-47H2,1-3H3/b16-14-,17-15?,22-20-,23-21-. The number of rotatable bonds is 43. The first-order valence-electron chi connectivity index (χ1n) is 25.9. The molecule has 0 aliphatic heterocycles. The van der Waals surface area contributed by atoms with E-state index in [0.717, 1.165) is 109 Å². The lowest BCUT2D eigenvalue weighted by Crippen LogP contribution is -2.31. The van der Waals surface area contributed by atoms with E-state index in [4.69, 9.17) is 23.7 Å². The molecule has 0 amide bonds. The Kier molecular flexibility index (Phi) is 39.4. The van der Waals surface area contributed by atoms with E-state index in [-0.39, 0.29) is 50.3 Å². The number of ether oxygens (including phenoxy) is 5. The smallest absolute Gasteiger partial charge is 0.462 e. The van der Waals surface area contributed by atoms with Gasteiger partial charge in [-0.2, -0.15) is 0 Å². The Labute approximate surface area is 403 Å². The van der Waals surface area contributed by atoms with E-state index in [9.17, 15) is 29.3 Å². The van der Waals surface area contributed by atoms with Gasteiger partial charge < -0.3 is 23.7 Å². The zero-order valence-corrected chi connectivity index (χ0v) is 41.6. The Morgan fingerprint density at radius 1 is 0.493 bits per heavy atom. The maximum absolute atomic E-state index is 13.2. The third kappa shape index (κ3) is 38.0. The topological polar surface area (TPSA) is 158 Å². The molecule has 1 aromatic rings. The van der Waals surface area contributed by atoms with Gasteiger partial charge in [0.05, 0.1) is 4.92 Å². The second-order valence-electron chi connectivity index (χ2n) is 17.3. The Bertz CT molecular complexity index is 1490. The molecule has 0 N–H and O–H groups in total. The molecule has 0 heterocycles. The van der Waals surface area contributed by atoms with Gasteiger partial charge in [-0.05, 0) is 108 Å². The Hall–Kier alpha value is -4.74. The number of esters is 3. The second kappa shape index (κ2) is 43.8. The van der Waals surface area contributed by atoms with Crippen molar-refractivity contribution >= 4 is 29.8 Å². The van der Waals surface area contributed by atoms with Crippen LogP contribution >= 0.6 is 0 Å². The minimum Gasteiger partial charge on any atom is -0.462 e. The van der Waals surface area contributed by atoms with Crippen molar-refractivity contribution in [2.24, 2.45) is 0 Å². The molecular weight excluding hydrogens is 851 g/mol. The highest BCUT2D eigenvalue weighted by Gasteiger charge is 2.23. The molecule has 67 heavy (non-hydrogen) atoms. The van der Waals surface area contributed by atoms with Crippen LogP contribution < -0.4 is 4.74 Å². The minimum atomic E-state index is -0.999. The molecular formula is C55H87NO11. The third-order valence-electron chi connectivity index (χ3n) is 11.1. The van der Waals surface area contributed by atoms with Gasteiger partial charge >= 0.3 is 24.1 Å². The molecule has 1 rings (SSSR count). The zero-order valence-electron chi connectivity index (χ0n) is 41.6. The normalized spacial score (nSPS) is 12.5. The summed E-state index contributed by atoms with van der Waals surface area (Å²) in [6.45, 7) is 5.98. The highest BCUT2D eigenvalue weighted by atomic mass is 16.7. The van der Waals surface area contributed by atoms with Gasteiger partial charge in [0.25, 0.3) is 5.69 Å². The summed E-state index contributed by atoms with van der Waals surface area (Å²) >= 11 is 0. The maximum atomic E-state index is 13.2. The predicted octanol–water partition coefficient (Wildman–Crippen LogP) is 15.5. The number of hydrogen-bond acceptors (Lipinski definition) is 11. The average molecular weight is 938 g/mol. The first-order chi connectivity index (χ1) is 32.7. The first kappa shape index (κ1) is 60.3. The summed E-state index contributed by atoms with van der Waals surface area (Å²) in [5.74, 6) is -1.34. The van der Waals surface area contributed by atoms with E-state index in [0.29, 0.717) is 19.3 Å². The fourth-order valence-electron chi connectivity index (χ4n) is 7.09. The highest BCUT2D eigenvalue weighted by molar-refractivity contribution is 5.71. The predicted molar refractivity (Wildman–Crippen MR) is 268 cm³/mol. The van der Waals surface area contributed by atoms with Gasteiger partial charge in [0.2, 0.25) is 0 Å². The molecule has 2 atom stereocenters. The maximum Gasteiger partial charge on any atom is 0.514 e. The first-order valence-corrected chi connectivity index (χ1v) is 25.9. The van der Waals surface area contributed by atoms with E-state index in [1.54, 1.807) is 0 Å². The van der Waals surface area contributed by atoms with Gasteiger partial charge in [-0.3, -0.25) is 24.5 Å². The van der Waals surface area contributed by atoms with Gasteiger partial charge in [-0.15, -0.1) is 0 Å². The number of nitrogens with zero attached hydrogens (tertiary/aromatic N) is 1. The van der Waals surface area contributed by atoms with Gasteiger partial charge in [0, 0.05) is 31.4 Å². The van der Waals surface area contributed by atoms with Crippen LogP contribution in [-0.4, -0.2) is 54.4 Å². The van der Waals surface area contributed by atoms with Crippen LogP contribution in [0.2, 0.25) is 0 Å². The quantitative estimate of drug-likeness (QED) is 0.0117. The van der Waals surface area contributed by atoms with Crippen molar-refractivity contribution in [2.75, 3.05) is 13.2 Å². The van der Waals surface area contributed by atoms with Crippen LogP contribution in [0.3, 0.4) is 0 Å². The lowest BCUT2D eigenvalue weighted by molar-refractivity contribution is -0.384. The van der Waals surface area contributed by atoms with Crippen LogP contribution in [0.4, 0.5) is 10.5 Å². The SMILES string of the molecule is CCCCCC=CC/C=C\CCCCCCCC(=O)OCC(COC(=O)CCCCCCC/C=C\C/C=C\CCCCC)OC(=O)CCC(CCCCC)OC(=O)Oc1ccc([N+](=O)[O-])cc1. The van der Waals surface area contributed by atoms with E-state index < -0.39 is 41.2 Å². The number of allylic oxidation sites excluding steroid dienone is 8. The molecule has 0 aliphatic rings. The van der Waals surface area contributed by atoms with Crippen LogP contribution in [0.15, 0.2) is 72.9 Å². The third-order valence-corrected chi connectivity index (χ3v) is 11.1. The minimum absolute atomic E-state index is 0.0835. The second-order valence-corrected chi connectivity index (χ2v) is 17.3. The van der Waals surface area contributed by atoms with E-state index in [1.165, 1.54) is 62.8 Å². The molecule has 12 heteroatoms. The number of nitro benzene ring substituents is 1. The summed E-state index contributed by atoms with van der Waals surface area (Å²) < 4.78 is 27.5. The van der Waals surface area contributed by atoms with Crippen molar-refractivity contribution in [1.29, 1.82) is 0 Å². The molecule has 1 aromatic carbocycles. The van der Waals surface area contributed by atoms with Crippen LogP contribution in [-0.2, 0) is 33.3 Å². The lowest BCUT2D eigenvalue weighted by atomic mass is 10.1. The molecule has 0 aromatic heterocycles. The van der Waals surface area contributed by atoms with Crippen LogP contribution in [0.5, 0.6) is 5.75 Å². The number of non-ortho nitro benzene ring substituents is 1. The Balaban J connectivity index is 2.60. The highest BCUT2D eigenvalue weighted by Crippen LogP contribution is 2.20. The molecule has 0 radical (unpaired) electrons. The molecule has 0 saturated heterocycles. The summed E-state index contributed by atoms with van der Waals surface area (Å²) in [5.41, 5.74) is -0.145. The molecule has 378 valence electrons. The number of benzene rings is 1. The van der Waals surface area contributed by atoms with E-state index >= 15 is 0 Å². The summed E-state index contributed by atoms with van der Waals surface area (Å²) in [6.07, 6.45) is 42.5. The van der Waals surface area contributed by atoms with Crippen molar-refractivity contribution in [3.8, 4) is 5.75 Å². The molecule has 0 bridgehead atoms. The Morgan fingerprint density at radius 3 is 1.39 bits per heavy atom. The monoisotopic (exact) mass is 938 g/mol. The molecule has 0 saturated carbocycles. The average Bonchev–Trinajstić information content (AvgIpc) is 3.31.